The van der Waals surface area contributed by atoms with E-state index in [1.807, 2.05) is 4.90 Å². The molecular formula is C14H26BrNO. The molecule has 1 rings (SSSR count). The van der Waals surface area contributed by atoms with Gasteiger partial charge in [-0.2, -0.15) is 0 Å². The summed E-state index contributed by atoms with van der Waals surface area (Å²) in [4.78, 5) is 14.5. The van der Waals surface area contributed by atoms with Gasteiger partial charge in [-0.15, -0.1) is 0 Å². The maximum Gasteiger partial charge on any atom is 0.222 e. The summed E-state index contributed by atoms with van der Waals surface area (Å²) in [6, 6.07) is 0. The fraction of sp³-hybridized carbons (Fsp3) is 0.929. The number of nitrogens with zero attached hydrogens (tertiary/aromatic N) is 1. The Labute approximate surface area is 114 Å². The third-order valence-corrected chi connectivity index (χ3v) is 4.21. The lowest BCUT2D eigenvalue weighted by molar-refractivity contribution is -0.132. The average molecular weight is 304 g/mol. The second kappa shape index (κ2) is 8.96. The molecule has 3 heteroatoms. The van der Waals surface area contributed by atoms with E-state index < -0.39 is 0 Å². The first-order valence-corrected chi connectivity index (χ1v) is 8.07. The summed E-state index contributed by atoms with van der Waals surface area (Å²) in [5, 5.41) is 0. The van der Waals surface area contributed by atoms with Crippen LogP contribution in [0.4, 0.5) is 0 Å². The first-order valence-electron chi connectivity index (χ1n) is 7.16. The molecule has 17 heavy (non-hydrogen) atoms. The molecule has 0 spiro atoms. The largest absolute Gasteiger partial charge is 0.342 e. The molecule has 0 N–H and O–H groups in total. The zero-order valence-corrected chi connectivity index (χ0v) is 12.7. The topological polar surface area (TPSA) is 20.3 Å². The smallest absolute Gasteiger partial charge is 0.222 e. The van der Waals surface area contributed by atoms with Crippen molar-refractivity contribution in [2.75, 3.05) is 13.1 Å². The Morgan fingerprint density at radius 2 is 1.94 bits per heavy atom. The number of piperidine rings is 1. The van der Waals surface area contributed by atoms with E-state index in [9.17, 15) is 4.79 Å². The maximum atomic E-state index is 11.9. The van der Waals surface area contributed by atoms with Gasteiger partial charge in [0, 0.05) is 24.3 Å². The normalized spacial score (nSPS) is 20.6. The molecule has 2 nitrogen and oxygen atoms in total. The Morgan fingerprint density at radius 3 is 2.65 bits per heavy atom. The third-order valence-electron chi connectivity index (χ3n) is 3.46. The number of halogens is 1. The van der Waals surface area contributed by atoms with Crippen molar-refractivity contribution in [3.8, 4) is 0 Å². The number of unbranched alkanes of at least 4 members (excludes halogenated alkanes) is 5. The van der Waals surface area contributed by atoms with Gasteiger partial charge in [0.2, 0.25) is 5.91 Å². The van der Waals surface area contributed by atoms with E-state index in [4.69, 9.17) is 0 Å². The molecule has 0 saturated carbocycles. The van der Waals surface area contributed by atoms with Gasteiger partial charge in [0.25, 0.3) is 0 Å². The van der Waals surface area contributed by atoms with Crippen LogP contribution in [0, 0.1) is 0 Å². The van der Waals surface area contributed by atoms with Gasteiger partial charge in [0.05, 0.1) is 0 Å². The molecule has 0 aromatic heterocycles. The lowest BCUT2D eigenvalue weighted by Crippen LogP contribution is -2.40. The van der Waals surface area contributed by atoms with E-state index in [1.165, 1.54) is 38.5 Å². The zero-order chi connectivity index (χ0) is 12.5. The van der Waals surface area contributed by atoms with Crippen LogP contribution in [-0.4, -0.2) is 28.7 Å². The highest BCUT2D eigenvalue weighted by Gasteiger charge is 2.20. The van der Waals surface area contributed by atoms with E-state index >= 15 is 0 Å². The molecule has 1 atom stereocenters. The molecule has 1 aliphatic heterocycles. The minimum atomic E-state index is 0.365. The van der Waals surface area contributed by atoms with Gasteiger partial charge < -0.3 is 4.90 Å². The van der Waals surface area contributed by atoms with Crippen LogP contribution in [0.15, 0.2) is 0 Å². The van der Waals surface area contributed by atoms with Gasteiger partial charge >= 0.3 is 0 Å². The summed E-state index contributed by atoms with van der Waals surface area (Å²) < 4.78 is 0. The lowest BCUT2D eigenvalue weighted by Gasteiger charge is -2.30. The number of carbonyl (C=O) groups excluding carboxylic acids is 1. The minimum absolute atomic E-state index is 0.365. The Bertz CT molecular complexity index is 220. The number of hydrogen-bond donors (Lipinski definition) is 0. The highest BCUT2D eigenvalue weighted by atomic mass is 79.9. The molecule has 0 radical (unpaired) electrons. The molecule has 0 aromatic rings. The van der Waals surface area contributed by atoms with Crippen molar-refractivity contribution >= 4 is 21.8 Å². The Kier molecular flexibility index (Phi) is 7.91. The standard InChI is InChI=1S/C14H26BrNO/c1-2-3-4-5-6-7-10-14(17)16-11-8-9-13(15)12-16/h13H,2-12H2,1H3. The maximum absolute atomic E-state index is 11.9. The monoisotopic (exact) mass is 303 g/mol. The van der Waals surface area contributed by atoms with Crippen LogP contribution < -0.4 is 0 Å². The van der Waals surface area contributed by atoms with Crippen LogP contribution in [0.3, 0.4) is 0 Å². The summed E-state index contributed by atoms with van der Waals surface area (Å²) in [6.07, 6.45) is 10.7. The summed E-state index contributed by atoms with van der Waals surface area (Å²) in [5.74, 6) is 0.365. The molecule has 1 aliphatic rings. The molecule has 1 amide bonds. The van der Waals surface area contributed by atoms with E-state index in [-0.39, 0.29) is 0 Å². The van der Waals surface area contributed by atoms with Gasteiger partial charge in [-0.1, -0.05) is 55.0 Å². The molecule has 1 unspecified atom stereocenters. The highest BCUT2D eigenvalue weighted by molar-refractivity contribution is 9.09. The van der Waals surface area contributed by atoms with Gasteiger partial charge in [-0.05, 0) is 19.3 Å². The quantitative estimate of drug-likeness (QED) is 0.512. The Hall–Kier alpha value is -0.0500. The van der Waals surface area contributed by atoms with Gasteiger partial charge in [-0.25, -0.2) is 0 Å². The number of amides is 1. The third kappa shape index (κ3) is 6.44. The second-order valence-corrected chi connectivity index (χ2v) is 6.39. The number of carbonyl (C=O) groups is 1. The fourth-order valence-corrected chi connectivity index (χ4v) is 3.04. The number of likely N-dealkylation sites (tertiary alicyclic amines) is 1. The zero-order valence-electron chi connectivity index (χ0n) is 11.1. The van der Waals surface area contributed by atoms with Crippen molar-refractivity contribution in [2.45, 2.75) is 69.5 Å². The average Bonchev–Trinajstić information content (AvgIpc) is 2.33. The molecule has 1 saturated heterocycles. The lowest BCUT2D eigenvalue weighted by atomic mass is 10.1. The Balaban J connectivity index is 2.04. The van der Waals surface area contributed by atoms with E-state index in [0.29, 0.717) is 10.7 Å². The number of alkyl halides is 1. The molecular weight excluding hydrogens is 278 g/mol. The van der Waals surface area contributed by atoms with Crippen molar-refractivity contribution in [3.05, 3.63) is 0 Å². The first-order chi connectivity index (χ1) is 8.24. The predicted octanol–water partition coefficient (Wildman–Crippen LogP) is 4.12. The predicted molar refractivity (Wildman–Crippen MR) is 76.5 cm³/mol. The molecule has 0 aromatic carbocycles. The molecule has 1 heterocycles. The van der Waals surface area contributed by atoms with Crippen molar-refractivity contribution in [1.82, 2.24) is 4.90 Å². The molecule has 1 fully saturated rings. The van der Waals surface area contributed by atoms with Gasteiger partial charge in [-0.3, -0.25) is 4.79 Å². The van der Waals surface area contributed by atoms with E-state index in [2.05, 4.69) is 22.9 Å². The first kappa shape index (κ1) is 15.0. The van der Waals surface area contributed by atoms with Crippen LogP contribution in [0.25, 0.3) is 0 Å². The van der Waals surface area contributed by atoms with Crippen molar-refractivity contribution in [2.24, 2.45) is 0 Å². The summed E-state index contributed by atoms with van der Waals surface area (Å²) >= 11 is 3.61. The summed E-state index contributed by atoms with van der Waals surface area (Å²) in [6.45, 7) is 4.11. The minimum Gasteiger partial charge on any atom is -0.342 e. The molecule has 100 valence electrons. The summed E-state index contributed by atoms with van der Waals surface area (Å²) in [5.41, 5.74) is 0. The van der Waals surface area contributed by atoms with Crippen LogP contribution in [0.2, 0.25) is 0 Å². The van der Waals surface area contributed by atoms with Crippen LogP contribution in [0.1, 0.15) is 64.7 Å². The van der Waals surface area contributed by atoms with E-state index in [1.54, 1.807) is 0 Å². The van der Waals surface area contributed by atoms with Crippen LogP contribution in [0.5, 0.6) is 0 Å². The van der Waals surface area contributed by atoms with Crippen LogP contribution in [-0.2, 0) is 4.79 Å². The summed E-state index contributed by atoms with van der Waals surface area (Å²) in [7, 11) is 0. The van der Waals surface area contributed by atoms with Gasteiger partial charge in [0.15, 0.2) is 0 Å². The van der Waals surface area contributed by atoms with Crippen LogP contribution >= 0.6 is 15.9 Å². The van der Waals surface area contributed by atoms with Crippen molar-refractivity contribution in [3.63, 3.8) is 0 Å². The van der Waals surface area contributed by atoms with E-state index in [0.717, 1.165) is 32.4 Å². The highest BCUT2D eigenvalue weighted by Crippen LogP contribution is 2.18. The van der Waals surface area contributed by atoms with Gasteiger partial charge in [0.1, 0.15) is 0 Å². The Morgan fingerprint density at radius 1 is 1.24 bits per heavy atom. The molecule has 0 aliphatic carbocycles. The van der Waals surface area contributed by atoms with Crippen molar-refractivity contribution < 1.29 is 4.79 Å². The fourth-order valence-electron chi connectivity index (χ4n) is 2.37. The second-order valence-electron chi connectivity index (χ2n) is 5.10. The number of hydrogen-bond acceptors (Lipinski definition) is 1. The van der Waals surface area contributed by atoms with Crippen molar-refractivity contribution in [1.29, 1.82) is 0 Å². The SMILES string of the molecule is CCCCCCCCC(=O)N1CCCC(Br)C1. The molecule has 0 bridgehead atoms. The number of rotatable bonds is 7.